The van der Waals surface area contributed by atoms with Gasteiger partial charge in [0.2, 0.25) is 5.71 Å². The van der Waals surface area contributed by atoms with E-state index in [-0.39, 0.29) is 6.04 Å². The molecule has 0 spiro atoms. The van der Waals surface area contributed by atoms with E-state index in [0.29, 0.717) is 11.4 Å². The number of pyridine rings is 1. The largest absolute Gasteiger partial charge is 0.370 e. The van der Waals surface area contributed by atoms with Gasteiger partial charge in [-0.3, -0.25) is 15.8 Å². The molecule has 1 atom stereocenters. The fraction of sp³-hybridized carbons (Fsp3) is 0.0426. The minimum atomic E-state index is 0.00767. The number of likely N-dealkylation sites (N-methyl/N-ethyl adjacent to an activating group) is 1. The van der Waals surface area contributed by atoms with Gasteiger partial charge >= 0.3 is 0 Å². The van der Waals surface area contributed by atoms with Crippen molar-refractivity contribution in [1.82, 2.24) is 9.88 Å². The van der Waals surface area contributed by atoms with E-state index in [0.717, 1.165) is 28.1 Å². The molecule has 0 saturated heterocycles. The van der Waals surface area contributed by atoms with E-state index in [2.05, 4.69) is 168 Å². The van der Waals surface area contributed by atoms with Crippen molar-refractivity contribution in [2.24, 2.45) is 5.10 Å². The quantitative estimate of drug-likeness (QED) is 0.105. The van der Waals surface area contributed by atoms with Gasteiger partial charge in [0.1, 0.15) is 0 Å². The number of nitrogens with two attached hydrogens (primary N) is 1. The molecule has 52 heavy (non-hydrogen) atoms. The summed E-state index contributed by atoms with van der Waals surface area (Å²) in [6.45, 7) is 0. The van der Waals surface area contributed by atoms with Crippen LogP contribution in [0.5, 0.6) is 0 Å². The van der Waals surface area contributed by atoms with E-state index in [1.54, 1.807) is 6.20 Å². The minimum absolute atomic E-state index is 0.00767. The van der Waals surface area contributed by atoms with Gasteiger partial charge in [-0.05, 0) is 109 Å². The van der Waals surface area contributed by atoms with Gasteiger partial charge in [0.15, 0.2) is 5.71 Å². The summed E-state index contributed by atoms with van der Waals surface area (Å²) in [6, 6.07) is 47.3. The van der Waals surface area contributed by atoms with Crippen molar-refractivity contribution in [1.29, 1.82) is 0 Å². The predicted octanol–water partition coefficient (Wildman–Crippen LogP) is 9.25. The van der Waals surface area contributed by atoms with Crippen LogP contribution in [0.2, 0.25) is 0 Å². The summed E-state index contributed by atoms with van der Waals surface area (Å²) in [6.07, 6.45) is 14.2. The molecule has 3 N–H and O–H groups in total. The lowest BCUT2D eigenvalue weighted by molar-refractivity contribution is -0.110. The first-order chi connectivity index (χ1) is 25.6. The van der Waals surface area contributed by atoms with Crippen LogP contribution in [0.15, 0.2) is 187 Å². The maximum absolute atomic E-state index is 6.92. The second-order valence-corrected chi connectivity index (χ2v) is 13.2. The molecule has 1 aromatic heterocycles. The third-order valence-corrected chi connectivity index (χ3v) is 10.1. The summed E-state index contributed by atoms with van der Waals surface area (Å²) in [5, 5.41) is 19.2. The van der Waals surface area contributed by atoms with E-state index in [4.69, 9.17) is 10.5 Å². The lowest BCUT2D eigenvalue weighted by Crippen LogP contribution is -2.51. The Labute approximate surface area is 302 Å². The van der Waals surface area contributed by atoms with Crippen molar-refractivity contribution in [2.45, 2.75) is 6.04 Å². The van der Waals surface area contributed by atoms with Crippen molar-refractivity contribution in [2.75, 3.05) is 12.5 Å². The van der Waals surface area contributed by atoms with E-state index in [1.165, 1.54) is 49.0 Å². The minimum Gasteiger partial charge on any atom is -0.370 e. The first kappa shape index (κ1) is 31.2. The van der Waals surface area contributed by atoms with Crippen LogP contribution in [0.3, 0.4) is 0 Å². The maximum Gasteiger partial charge on any atom is 0.230 e. The smallest absolute Gasteiger partial charge is 0.230 e. The van der Waals surface area contributed by atoms with Crippen LogP contribution in [0.1, 0.15) is 5.69 Å². The standard InChI is InChI=1S/C47H35N5/c1-52-29-11-9-19-43(52)41-27-26-40(42-18-8-10-28-49-42)47(46(41)48)51-50-35-24-22-32(23-25-35)44-36-14-4-6-16-38(36)45(39-17-7-5-15-37(39)44)34-21-20-31-12-2-3-13-33(31)30-34/h2-30,43,48,50H,1H3/p+1/b48-46?,51-47-. The molecule has 2 aliphatic rings. The number of anilines is 1. The molecule has 1 aliphatic carbocycles. The highest BCUT2D eigenvalue weighted by Crippen LogP contribution is 2.44. The first-order valence-corrected chi connectivity index (χ1v) is 17.5. The molecule has 5 nitrogen and oxygen atoms in total. The van der Waals surface area contributed by atoms with E-state index < -0.39 is 0 Å². The van der Waals surface area contributed by atoms with Crippen LogP contribution in [0, 0.1) is 0 Å². The summed E-state index contributed by atoms with van der Waals surface area (Å²) in [4.78, 5) is 6.76. The number of hydrogen-bond donors (Lipinski definition) is 2. The molecule has 2 heterocycles. The van der Waals surface area contributed by atoms with Gasteiger partial charge < -0.3 is 4.90 Å². The molecule has 0 fully saturated rings. The van der Waals surface area contributed by atoms with Gasteiger partial charge in [0, 0.05) is 18.8 Å². The average molecular weight is 671 g/mol. The number of aromatic nitrogens is 1. The average Bonchev–Trinajstić information content (AvgIpc) is 3.20. The van der Waals surface area contributed by atoms with Crippen LogP contribution in [0.25, 0.3) is 60.1 Å². The van der Waals surface area contributed by atoms with Gasteiger partial charge in [-0.25, -0.2) is 0 Å². The Bertz CT molecular complexity index is 2620. The Balaban J connectivity index is 1.10. The zero-order valence-electron chi connectivity index (χ0n) is 28.7. The summed E-state index contributed by atoms with van der Waals surface area (Å²) in [5.74, 6) is 0. The summed E-state index contributed by atoms with van der Waals surface area (Å²) in [5.41, 5.74) is 13.0. The highest BCUT2D eigenvalue weighted by molar-refractivity contribution is 6.61. The Hall–Kier alpha value is -6.85. The molecule has 248 valence electrons. The summed E-state index contributed by atoms with van der Waals surface area (Å²) < 4.78 is 0. The van der Waals surface area contributed by atoms with Gasteiger partial charge in [0.25, 0.3) is 0 Å². The second kappa shape index (κ2) is 13.1. The number of rotatable bonds is 6. The predicted molar refractivity (Wildman–Crippen MR) is 218 cm³/mol. The molecule has 5 heteroatoms. The van der Waals surface area contributed by atoms with Crippen molar-refractivity contribution >= 4 is 55.0 Å². The molecule has 7 aromatic rings. The first-order valence-electron chi connectivity index (χ1n) is 17.5. The van der Waals surface area contributed by atoms with Gasteiger partial charge in [-0.2, -0.15) is 5.10 Å². The Morgan fingerprint density at radius 3 is 1.96 bits per heavy atom. The number of allylic oxidation sites excluding steroid dienone is 5. The Morgan fingerprint density at radius 1 is 0.654 bits per heavy atom. The Kier molecular flexibility index (Phi) is 7.86. The lowest BCUT2D eigenvalue weighted by Gasteiger charge is -2.29. The van der Waals surface area contributed by atoms with Crippen molar-refractivity contribution in [3.8, 4) is 22.3 Å². The summed E-state index contributed by atoms with van der Waals surface area (Å²) >= 11 is 0. The molecule has 0 radical (unpaired) electrons. The highest BCUT2D eigenvalue weighted by Gasteiger charge is 2.32. The van der Waals surface area contributed by atoms with Crippen LogP contribution in [-0.4, -0.2) is 34.4 Å². The molecule has 1 unspecified atom stereocenters. The van der Waals surface area contributed by atoms with E-state index in [1.807, 2.05) is 24.3 Å². The van der Waals surface area contributed by atoms with Crippen LogP contribution in [-0.2, 0) is 0 Å². The zero-order chi connectivity index (χ0) is 35.0. The van der Waals surface area contributed by atoms with E-state index in [9.17, 15) is 0 Å². The van der Waals surface area contributed by atoms with Crippen molar-refractivity contribution in [3.63, 3.8) is 0 Å². The van der Waals surface area contributed by atoms with Gasteiger partial charge in [-0.1, -0.05) is 115 Å². The van der Waals surface area contributed by atoms with Crippen LogP contribution in [0.4, 0.5) is 5.69 Å². The molecule has 9 rings (SSSR count). The molecule has 0 amide bonds. The van der Waals surface area contributed by atoms with Gasteiger partial charge in [-0.15, -0.1) is 0 Å². The number of hydrazone groups is 1. The van der Waals surface area contributed by atoms with Crippen molar-refractivity contribution in [3.05, 3.63) is 188 Å². The molecular weight excluding hydrogens is 635 g/mol. The van der Waals surface area contributed by atoms with Crippen LogP contribution >= 0.6 is 0 Å². The fourth-order valence-electron chi connectivity index (χ4n) is 7.56. The van der Waals surface area contributed by atoms with E-state index >= 15 is 0 Å². The molecule has 0 bridgehead atoms. The number of benzene rings is 6. The van der Waals surface area contributed by atoms with Gasteiger partial charge in [0.05, 0.1) is 23.0 Å². The number of nitrogens with one attached hydrogen (secondary N) is 1. The molecule has 6 aromatic carbocycles. The molecular formula is C47H36N5+. The highest BCUT2D eigenvalue weighted by atomic mass is 15.3. The topological polar surface area (TPSA) is 66.1 Å². The monoisotopic (exact) mass is 670 g/mol. The normalized spacial score (nSPS) is 16.5. The van der Waals surface area contributed by atoms with Crippen LogP contribution < -0.4 is 10.8 Å². The Morgan fingerprint density at radius 2 is 1.29 bits per heavy atom. The third kappa shape index (κ3) is 5.49. The third-order valence-electron chi connectivity index (χ3n) is 10.1. The van der Waals surface area contributed by atoms with Crippen molar-refractivity contribution < 1.29 is 5.41 Å². The lowest BCUT2D eigenvalue weighted by atomic mass is 9.85. The second-order valence-electron chi connectivity index (χ2n) is 13.2. The number of fused-ring (bicyclic) bond motifs is 3. The zero-order valence-corrected chi connectivity index (χ0v) is 28.7. The number of hydrogen-bond acceptors (Lipinski definition) is 4. The fourth-order valence-corrected chi connectivity index (χ4v) is 7.56. The maximum atomic E-state index is 6.92. The SMILES string of the molecule is CN1C=CC=CC1C1=CC=C(c2ccccn2)/C(=N/Nc2ccc(-c3c4ccccc4c(-c4ccc5ccccc5c4)c4ccccc34)cc2)C1=[NH2+]. The summed E-state index contributed by atoms with van der Waals surface area (Å²) in [7, 11) is 2.05. The molecule has 0 saturated carbocycles. The number of nitrogens with zero attached hydrogens (tertiary/aromatic N) is 3. The molecule has 1 aliphatic heterocycles.